The van der Waals surface area contributed by atoms with Gasteiger partial charge in [0.15, 0.2) is 0 Å². The maximum absolute atomic E-state index is 12.7. The number of amides is 1. The standard InChI is InChI=1S/C21H22IN3O/c22-20-17-12-16(10-11-19(17)24-25-20)21(26)23-13-18(15-8-4-5-9-15)14-6-2-1-3-7-14/h1-3,6-7,10-12,15,18H,4-5,8-9,13H2,(H,23,26)(H,24,25). The Morgan fingerprint density at radius 1 is 1.19 bits per heavy atom. The number of hydrogen-bond acceptors (Lipinski definition) is 2. The number of nitrogens with one attached hydrogen (secondary N) is 2. The summed E-state index contributed by atoms with van der Waals surface area (Å²) in [4.78, 5) is 12.7. The van der Waals surface area contributed by atoms with Gasteiger partial charge in [-0.3, -0.25) is 9.89 Å². The van der Waals surface area contributed by atoms with Crippen molar-refractivity contribution in [2.75, 3.05) is 6.54 Å². The smallest absolute Gasteiger partial charge is 0.251 e. The molecule has 2 N–H and O–H groups in total. The van der Waals surface area contributed by atoms with E-state index in [4.69, 9.17) is 0 Å². The molecule has 134 valence electrons. The Morgan fingerprint density at radius 3 is 2.73 bits per heavy atom. The molecule has 1 saturated carbocycles. The molecule has 1 atom stereocenters. The number of carbonyl (C=O) groups is 1. The van der Waals surface area contributed by atoms with Gasteiger partial charge in [0.2, 0.25) is 0 Å². The quantitative estimate of drug-likeness (QED) is 0.535. The van der Waals surface area contributed by atoms with E-state index >= 15 is 0 Å². The van der Waals surface area contributed by atoms with Gasteiger partial charge in [0.1, 0.15) is 3.70 Å². The fourth-order valence-electron chi connectivity index (χ4n) is 4.04. The maximum Gasteiger partial charge on any atom is 0.251 e. The molecule has 1 unspecified atom stereocenters. The summed E-state index contributed by atoms with van der Waals surface area (Å²) in [5.74, 6) is 1.04. The van der Waals surface area contributed by atoms with Crippen molar-refractivity contribution in [3.63, 3.8) is 0 Å². The van der Waals surface area contributed by atoms with E-state index in [1.54, 1.807) is 0 Å². The van der Waals surface area contributed by atoms with Crippen molar-refractivity contribution >= 4 is 39.4 Å². The van der Waals surface area contributed by atoms with E-state index in [2.05, 4.69) is 68.4 Å². The van der Waals surface area contributed by atoms with Gasteiger partial charge in [0.25, 0.3) is 5.91 Å². The molecule has 1 fully saturated rings. The second kappa shape index (κ2) is 7.78. The highest BCUT2D eigenvalue weighted by atomic mass is 127. The topological polar surface area (TPSA) is 57.8 Å². The van der Waals surface area contributed by atoms with Gasteiger partial charge in [-0.1, -0.05) is 43.2 Å². The Bertz CT molecular complexity index is 900. The van der Waals surface area contributed by atoms with Crippen LogP contribution in [0.5, 0.6) is 0 Å². The molecule has 0 spiro atoms. The zero-order valence-corrected chi connectivity index (χ0v) is 16.7. The van der Waals surface area contributed by atoms with E-state index in [1.165, 1.54) is 31.2 Å². The van der Waals surface area contributed by atoms with Crippen LogP contribution in [0.2, 0.25) is 0 Å². The zero-order valence-electron chi connectivity index (χ0n) is 14.5. The number of H-pyrrole nitrogens is 1. The summed E-state index contributed by atoms with van der Waals surface area (Å²) < 4.78 is 0.959. The van der Waals surface area contributed by atoms with Crippen LogP contribution in [0.4, 0.5) is 0 Å². The van der Waals surface area contributed by atoms with Crippen LogP contribution in [-0.2, 0) is 0 Å². The van der Waals surface area contributed by atoms with E-state index in [9.17, 15) is 4.79 Å². The normalized spacial score (nSPS) is 16.0. The second-order valence-corrected chi connectivity index (χ2v) is 8.12. The van der Waals surface area contributed by atoms with Crippen LogP contribution >= 0.6 is 22.6 Å². The average Bonchev–Trinajstić information content (AvgIpc) is 3.33. The fourth-order valence-corrected chi connectivity index (χ4v) is 4.59. The molecule has 0 saturated heterocycles. The zero-order chi connectivity index (χ0) is 17.9. The maximum atomic E-state index is 12.7. The number of carbonyl (C=O) groups excluding carboxylic acids is 1. The van der Waals surface area contributed by atoms with Gasteiger partial charge in [0, 0.05) is 23.4 Å². The molecule has 0 bridgehead atoms. The molecule has 1 aliphatic carbocycles. The van der Waals surface area contributed by atoms with E-state index in [0.29, 0.717) is 23.9 Å². The number of aromatic amines is 1. The number of benzene rings is 2. The van der Waals surface area contributed by atoms with Crippen molar-refractivity contribution in [1.82, 2.24) is 15.5 Å². The molecule has 4 nitrogen and oxygen atoms in total. The number of fused-ring (bicyclic) bond motifs is 1. The number of halogens is 1. The molecule has 2 aromatic carbocycles. The molecular formula is C21H22IN3O. The highest BCUT2D eigenvalue weighted by Gasteiger charge is 2.26. The minimum Gasteiger partial charge on any atom is -0.351 e. The SMILES string of the molecule is O=C(NCC(c1ccccc1)C1CCCC1)c1ccc2n[nH]c(I)c2c1. The van der Waals surface area contributed by atoms with E-state index < -0.39 is 0 Å². The van der Waals surface area contributed by atoms with E-state index in [-0.39, 0.29) is 5.91 Å². The van der Waals surface area contributed by atoms with Gasteiger partial charge < -0.3 is 5.32 Å². The summed E-state index contributed by atoms with van der Waals surface area (Å²) >= 11 is 2.21. The van der Waals surface area contributed by atoms with E-state index in [1.807, 2.05) is 18.2 Å². The van der Waals surface area contributed by atoms with Crippen LogP contribution < -0.4 is 5.32 Å². The van der Waals surface area contributed by atoms with Gasteiger partial charge in [-0.15, -0.1) is 0 Å². The average molecular weight is 459 g/mol. The molecule has 26 heavy (non-hydrogen) atoms. The molecular weight excluding hydrogens is 437 g/mol. The van der Waals surface area contributed by atoms with Crippen molar-refractivity contribution < 1.29 is 4.79 Å². The first-order valence-electron chi connectivity index (χ1n) is 9.19. The first-order chi connectivity index (χ1) is 12.7. The molecule has 4 rings (SSSR count). The number of nitrogens with zero attached hydrogens (tertiary/aromatic N) is 1. The Balaban J connectivity index is 1.50. The molecule has 3 aromatic rings. The minimum atomic E-state index is -0.0113. The number of hydrogen-bond donors (Lipinski definition) is 2. The van der Waals surface area contributed by atoms with Crippen molar-refractivity contribution in [3.05, 3.63) is 63.4 Å². The lowest BCUT2D eigenvalue weighted by Crippen LogP contribution is -2.31. The third-order valence-electron chi connectivity index (χ3n) is 5.45. The molecule has 1 aliphatic rings. The predicted molar refractivity (Wildman–Crippen MR) is 112 cm³/mol. The summed E-state index contributed by atoms with van der Waals surface area (Å²) in [5, 5.41) is 11.4. The van der Waals surface area contributed by atoms with E-state index in [0.717, 1.165) is 14.6 Å². The summed E-state index contributed by atoms with van der Waals surface area (Å²) in [6.07, 6.45) is 5.12. The summed E-state index contributed by atoms with van der Waals surface area (Å²) in [6, 6.07) is 16.3. The first kappa shape index (κ1) is 17.5. The molecule has 5 heteroatoms. The van der Waals surface area contributed by atoms with Crippen LogP contribution in [0.1, 0.15) is 47.5 Å². The number of rotatable bonds is 5. The third kappa shape index (κ3) is 3.63. The van der Waals surface area contributed by atoms with Crippen molar-refractivity contribution in [2.45, 2.75) is 31.6 Å². The summed E-state index contributed by atoms with van der Waals surface area (Å²) in [7, 11) is 0. The molecule has 0 aliphatic heterocycles. The molecule has 1 aromatic heterocycles. The Kier molecular flexibility index (Phi) is 5.24. The van der Waals surface area contributed by atoms with Crippen molar-refractivity contribution in [3.8, 4) is 0 Å². The molecule has 1 heterocycles. The Morgan fingerprint density at radius 2 is 1.96 bits per heavy atom. The monoisotopic (exact) mass is 459 g/mol. The van der Waals surface area contributed by atoms with Crippen molar-refractivity contribution in [1.29, 1.82) is 0 Å². The van der Waals surface area contributed by atoms with Crippen LogP contribution in [0.3, 0.4) is 0 Å². The number of aromatic nitrogens is 2. The van der Waals surface area contributed by atoms with Crippen LogP contribution in [0.25, 0.3) is 10.9 Å². The molecule has 1 amide bonds. The Labute approximate surface area is 166 Å². The van der Waals surface area contributed by atoms with Crippen LogP contribution in [-0.4, -0.2) is 22.6 Å². The fraction of sp³-hybridized carbons (Fsp3) is 0.333. The highest BCUT2D eigenvalue weighted by molar-refractivity contribution is 14.1. The Hall–Kier alpha value is -1.89. The van der Waals surface area contributed by atoms with Gasteiger partial charge in [-0.25, -0.2) is 0 Å². The van der Waals surface area contributed by atoms with Crippen molar-refractivity contribution in [2.24, 2.45) is 5.92 Å². The van der Waals surface area contributed by atoms with Gasteiger partial charge in [-0.05, 0) is 65.1 Å². The lowest BCUT2D eigenvalue weighted by Gasteiger charge is -2.24. The second-order valence-electron chi connectivity index (χ2n) is 7.04. The van der Waals surface area contributed by atoms with Gasteiger partial charge >= 0.3 is 0 Å². The predicted octanol–water partition coefficient (Wildman–Crippen LogP) is 4.87. The van der Waals surface area contributed by atoms with Gasteiger partial charge in [-0.2, -0.15) is 5.10 Å². The minimum absolute atomic E-state index is 0.0113. The molecule has 0 radical (unpaired) electrons. The largest absolute Gasteiger partial charge is 0.351 e. The van der Waals surface area contributed by atoms with Gasteiger partial charge in [0.05, 0.1) is 5.52 Å². The highest BCUT2D eigenvalue weighted by Crippen LogP contribution is 2.37. The lowest BCUT2D eigenvalue weighted by atomic mass is 9.84. The summed E-state index contributed by atoms with van der Waals surface area (Å²) in [5.41, 5.74) is 2.91. The van der Waals surface area contributed by atoms with Crippen LogP contribution in [0, 0.1) is 9.62 Å². The third-order valence-corrected chi connectivity index (χ3v) is 6.27. The van der Waals surface area contributed by atoms with Crippen LogP contribution in [0.15, 0.2) is 48.5 Å². The first-order valence-corrected chi connectivity index (χ1v) is 10.3. The summed E-state index contributed by atoms with van der Waals surface area (Å²) in [6.45, 7) is 0.689. The lowest BCUT2D eigenvalue weighted by molar-refractivity contribution is 0.0948.